The van der Waals surface area contributed by atoms with E-state index in [1.165, 1.54) is 25.8 Å². The molecule has 0 amide bonds. The summed E-state index contributed by atoms with van der Waals surface area (Å²) in [7, 11) is 0. The molecule has 0 bridgehead atoms. The molecule has 0 spiro atoms. The summed E-state index contributed by atoms with van der Waals surface area (Å²) in [5.74, 6) is 0.860. The maximum Gasteiger partial charge on any atom is 0.0456 e. The predicted octanol–water partition coefficient (Wildman–Crippen LogP) is 1.33. The third kappa shape index (κ3) is 2.46. The summed E-state index contributed by atoms with van der Waals surface area (Å²) >= 11 is 0. The predicted molar refractivity (Wildman–Crippen MR) is 48.5 cm³/mol. The van der Waals surface area contributed by atoms with E-state index in [4.69, 9.17) is 0 Å². The van der Waals surface area contributed by atoms with E-state index in [0.717, 1.165) is 18.6 Å². The van der Waals surface area contributed by atoms with Crippen molar-refractivity contribution in [1.82, 2.24) is 10.6 Å². The Morgan fingerprint density at radius 3 is 2.82 bits per heavy atom. The average Bonchev–Trinajstić information content (AvgIpc) is 2.06. The number of nitrogens with one attached hydrogen (secondary N) is 2. The zero-order valence-corrected chi connectivity index (χ0v) is 7.69. The molecule has 1 saturated heterocycles. The third-order valence-corrected chi connectivity index (χ3v) is 2.56. The van der Waals surface area contributed by atoms with E-state index in [0.29, 0.717) is 0 Å². The maximum atomic E-state index is 3.49. The summed E-state index contributed by atoms with van der Waals surface area (Å²) in [5.41, 5.74) is 0. The fourth-order valence-electron chi connectivity index (χ4n) is 1.92. The van der Waals surface area contributed by atoms with Crippen molar-refractivity contribution in [2.75, 3.05) is 13.2 Å². The van der Waals surface area contributed by atoms with Gasteiger partial charge < -0.3 is 10.6 Å². The molecule has 1 fully saturated rings. The van der Waals surface area contributed by atoms with Gasteiger partial charge in [-0.05, 0) is 18.8 Å². The lowest BCUT2D eigenvalue weighted by atomic mass is 9.92. The van der Waals surface area contributed by atoms with E-state index < -0.39 is 0 Å². The van der Waals surface area contributed by atoms with Gasteiger partial charge in [0.2, 0.25) is 0 Å². The van der Waals surface area contributed by atoms with Gasteiger partial charge in [0.05, 0.1) is 0 Å². The Balaban J connectivity index is 2.31. The van der Waals surface area contributed by atoms with Gasteiger partial charge in [0.15, 0.2) is 0 Å². The zero-order chi connectivity index (χ0) is 8.10. The van der Waals surface area contributed by atoms with Crippen LogP contribution in [0.4, 0.5) is 0 Å². The van der Waals surface area contributed by atoms with E-state index >= 15 is 0 Å². The van der Waals surface area contributed by atoms with E-state index in [1.807, 2.05) is 0 Å². The van der Waals surface area contributed by atoms with Gasteiger partial charge in [0.1, 0.15) is 0 Å². The van der Waals surface area contributed by atoms with Crippen molar-refractivity contribution in [2.24, 2.45) is 5.92 Å². The van der Waals surface area contributed by atoms with Crippen LogP contribution in [0.5, 0.6) is 0 Å². The highest BCUT2D eigenvalue weighted by atomic mass is 15.1. The van der Waals surface area contributed by atoms with Gasteiger partial charge in [-0.1, -0.05) is 20.3 Å². The largest absolute Gasteiger partial charge is 0.304 e. The minimum absolute atomic E-state index is 0.760. The van der Waals surface area contributed by atoms with E-state index in [2.05, 4.69) is 24.5 Å². The first kappa shape index (κ1) is 9.01. The van der Waals surface area contributed by atoms with Crippen molar-refractivity contribution in [3.63, 3.8) is 0 Å². The van der Waals surface area contributed by atoms with Gasteiger partial charge in [-0.25, -0.2) is 0 Å². The summed E-state index contributed by atoms with van der Waals surface area (Å²) in [6, 6.07) is 0.760. The topological polar surface area (TPSA) is 24.1 Å². The number of hydrogen-bond donors (Lipinski definition) is 2. The van der Waals surface area contributed by atoms with Crippen LogP contribution in [-0.4, -0.2) is 19.3 Å². The lowest BCUT2D eigenvalue weighted by Crippen LogP contribution is -2.51. The Morgan fingerprint density at radius 1 is 1.36 bits per heavy atom. The molecule has 0 aromatic rings. The van der Waals surface area contributed by atoms with Crippen molar-refractivity contribution < 1.29 is 0 Å². The van der Waals surface area contributed by atoms with Gasteiger partial charge in [0.25, 0.3) is 0 Å². The van der Waals surface area contributed by atoms with E-state index in [9.17, 15) is 0 Å². The first-order chi connectivity index (χ1) is 5.38. The normalized spacial score (nSPS) is 32.2. The fraction of sp³-hybridized carbons (Fsp3) is 1.00. The molecule has 11 heavy (non-hydrogen) atoms. The molecule has 66 valence electrons. The first-order valence-corrected chi connectivity index (χ1v) is 4.82. The van der Waals surface area contributed by atoms with Crippen LogP contribution >= 0.6 is 0 Å². The quantitative estimate of drug-likeness (QED) is 0.644. The molecule has 0 aromatic carbocycles. The fourth-order valence-corrected chi connectivity index (χ4v) is 1.92. The molecule has 2 nitrogen and oxygen atoms in total. The SMILES string of the molecule is CCCC1CNCNC1CC. The summed E-state index contributed by atoms with van der Waals surface area (Å²) < 4.78 is 0. The van der Waals surface area contributed by atoms with Crippen LogP contribution in [-0.2, 0) is 0 Å². The van der Waals surface area contributed by atoms with Gasteiger partial charge in [-0.2, -0.15) is 0 Å². The second-order valence-corrected chi connectivity index (χ2v) is 3.40. The summed E-state index contributed by atoms with van der Waals surface area (Å²) in [6.07, 6.45) is 3.94. The van der Waals surface area contributed by atoms with Crippen LogP contribution in [0.25, 0.3) is 0 Å². The third-order valence-electron chi connectivity index (χ3n) is 2.56. The van der Waals surface area contributed by atoms with E-state index in [1.54, 1.807) is 0 Å². The van der Waals surface area contributed by atoms with Crippen molar-refractivity contribution in [3.05, 3.63) is 0 Å². The van der Waals surface area contributed by atoms with Gasteiger partial charge in [0, 0.05) is 19.3 Å². The van der Waals surface area contributed by atoms with Crippen molar-refractivity contribution in [1.29, 1.82) is 0 Å². The van der Waals surface area contributed by atoms with Crippen LogP contribution < -0.4 is 10.6 Å². The highest BCUT2D eigenvalue weighted by molar-refractivity contribution is 4.80. The number of hydrogen-bond acceptors (Lipinski definition) is 2. The molecule has 1 aliphatic rings. The summed E-state index contributed by atoms with van der Waals surface area (Å²) in [6.45, 7) is 6.74. The molecule has 0 radical (unpaired) electrons. The molecule has 0 saturated carbocycles. The van der Waals surface area contributed by atoms with Gasteiger partial charge >= 0.3 is 0 Å². The van der Waals surface area contributed by atoms with Crippen LogP contribution in [0.2, 0.25) is 0 Å². The summed E-state index contributed by atoms with van der Waals surface area (Å²) in [5, 5.41) is 6.87. The van der Waals surface area contributed by atoms with Crippen molar-refractivity contribution in [2.45, 2.75) is 39.2 Å². The standard InChI is InChI=1S/C9H20N2/c1-3-5-8-6-10-7-11-9(8)4-2/h8-11H,3-7H2,1-2H3. The Labute approximate surface area is 69.8 Å². The highest BCUT2D eigenvalue weighted by Crippen LogP contribution is 2.15. The molecule has 1 heterocycles. The maximum absolute atomic E-state index is 3.49. The molecular weight excluding hydrogens is 136 g/mol. The minimum Gasteiger partial charge on any atom is -0.304 e. The molecule has 0 aromatic heterocycles. The second-order valence-electron chi connectivity index (χ2n) is 3.40. The average molecular weight is 156 g/mol. The van der Waals surface area contributed by atoms with E-state index in [-0.39, 0.29) is 0 Å². The molecule has 1 aliphatic heterocycles. The Kier molecular flexibility index (Phi) is 3.87. The number of rotatable bonds is 3. The van der Waals surface area contributed by atoms with Crippen LogP contribution in [0.15, 0.2) is 0 Å². The molecule has 1 rings (SSSR count). The Hall–Kier alpha value is -0.0800. The molecule has 0 aliphatic carbocycles. The van der Waals surface area contributed by atoms with Gasteiger partial charge in [-0.15, -0.1) is 0 Å². The first-order valence-electron chi connectivity index (χ1n) is 4.82. The second kappa shape index (κ2) is 4.73. The molecular formula is C9H20N2. The Bertz CT molecular complexity index is 102. The van der Waals surface area contributed by atoms with Crippen LogP contribution in [0, 0.1) is 5.92 Å². The minimum atomic E-state index is 0.760. The van der Waals surface area contributed by atoms with Gasteiger partial charge in [-0.3, -0.25) is 0 Å². The lowest BCUT2D eigenvalue weighted by Gasteiger charge is -2.32. The zero-order valence-electron chi connectivity index (χ0n) is 7.69. The molecule has 2 atom stereocenters. The van der Waals surface area contributed by atoms with Crippen molar-refractivity contribution >= 4 is 0 Å². The van der Waals surface area contributed by atoms with Crippen LogP contribution in [0.1, 0.15) is 33.1 Å². The lowest BCUT2D eigenvalue weighted by molar-refractivity contribution is 0.258. The molecule has 2 unspecified atom stereocenters. The monoisotopic (exact) mass is 156 g/mol. The molecule has 2 heteroatoms. The van der Waals surface area contributed by atoms with Crippen molar-refractivity contribution in [3.8, 4) is 0 Å². The highest BCUT2D eigenvalue weighted by Gasteiger charge is 2.21. The smallest absolute Gasteiger partial charge is 0.0456 e. The van der Waals surface area contributed by atoms with Crippen LogP contribution in [0.3, 0.4) is 0 Å². The molecule has 2 N–H and O–H groups in total. The Morgan fingerprint density at radius 2 is 2.18 bits per heavy atom. The summed E-state index contributed by atoms with van der Waals surface area (Å²) in [4.78, 5) is 0.